The Labute approximate surface area is 159 Å². The predicted molar refractivity (Wildman–Crippen MR) is 97.3 cm³/mol. The SMILES string of the molecule is O=C(CCC(F)(F)F)N1C[C@@H](I)[C@@H](c2cnc3cnc4[nH]ccc4n23)C1. The Kier molecular flexibility index (Phi) is 4.32. The van der Waals surface area contributed by atoms with Crippen molar-refractivity contribution in [3.05, 3.63) is 30.4 Å². The summed E-state index contributed by atoms with van der Waals surface area (Å²) < 4.78 is 39.2. The number of fused-ring (bicyclic) bond motifs is 3. The average molecular weight is 477 g/mol. The quantitative estimate of drug-likeness (QED) is 0.466. The molecule has 0 saturated carbocycles. The minimum absolute atomic E-state index is 0.000867. The van der Waals surface area contributed by atoms with E-state index in [-0.39, 0.29) is 9.84 Å². The van der Waals surface area contributed by atoms with Crippen LogP contribution >= 0.6 is 22.6 Å². The molecule has 0 aliphatic carbocycles. The molecule has 4 rings (SSSR count). The molecule has 0 bridgehead atoms. The summed E-state index contributed by atoms with van der Waals surface area (Å²) >= 11 is 2.26. The molecule has 0 spiro atoms. The molecule has 26 heavy (non-hydrogen) atoms. The number of hydrogen-bond donors (Lipinski definition) is 1. The third kappa shape index (κ3) is 3.14. The lowest BCUT2D eigenvalue weighted by Crippen LogP contribution is -2.30. The van der Waals surface area contributed by atoms with Crippen LogP contribution in [0.1, 0.15) is 24.5 Å². The number of halogens is 4. The van der Waals surface area contributed by atoms with Gasteiger partial charge in [0.05, 0.1) is 18.1 Å². The minimum Gasteiger partial charge on any atom is -0.345 e. The fraction of sp³-hybridized carbons (Fsp3) is 0.438. The molecule has 138 valence electrons. The van der Waals surface area contributed by atoms with Crippen LogP contribution in [0.15, 0.2) is 24.7 Å². The number of carbonyl (C=O) groups is 1. The van der Waals surface area contributed by atoms with Gasteiger partial charge in [-0.1, -0.05) is 22.6 Å². The highest BCUT2D eigenvalue weighted by molar-refractivity contribution is 14.1. The van der Waals surface area contributed by atoms with Gasteiger partial charge in [-0.25, -0.2) is 9.97 Å². The van der Waals surface area contributed by atoms with Crippen LogP contribution in [-0.2, 0) is 4.79 Å². The van der Waals surface area contributed by atoms with Crippen molar-refractivity contribution in [1.29, 1.82) is 0 Å². The van der Waals surface area contributed by atoms with Crippen LogP contribution in [0.4, 0.5) is 13.2 Å². The molecule has 2 atom stereocenters. The van der Waals surface area contributed by atoms with E-state index in [1.54, 1.807) is 18.6 Å². The summed E-state index contributed by atoms with van der Waals surface area (Å²) in [4.78, 5) is 25.5. The Morgan fingerprint density at radius 3 is 2.88 bits per heavy atom. The van der Waals surface area contributed by atoms with Crippen molar-refractivity contribution < 1.29 is 18.0 Å². The zero-order chi connectivity index (χ0) is 18.5. The number of H-pyrrole nitrogens is 1. The number of carbonyl (C=O) groups excluding carboxylic acids is 1. The lowest BCUT2D eigenvalue weighted by atomic mass is 10.1. The summed E-state index contributed by atoms with van der Waals surface area (Å²) in [7, 11) is 0. The normalized spacial score (nSPS) is 21.2. The van der Waals surface area contributed by atoms with Crippen molar-refractivity contribution in [1.82, 2.24) is 24.3 Å². The highest BCUT2D eigenvalue weighted by atomic mass is 127. The summed E-state index contributed by atoms with van der Waals surface area (Å²) in [6.45, 7) is 0.836. The van der Waals surface area contributed by atoms with E-state index >= 15 is 0 Å². The van der Waals surface area contributed by atoms with Crippen molar-refractivity contribution in [2.24, 2.45) is 0 Å². The van der Waals surface area contributed by atoms with Gasteiger partial charge in [0, 0.05) is 47.4 Å². The maximum atomic E-state index is 12.4. The van der Waals surface area contributed by atoms with E-state index in [1.165, 1.54) is 4.90 Å². The number of rotatable bonds is 3. The Hall–Kier alpha value is -1.85. The predicted octanol–water partition coefficient (Wildman–Crippen LogP) is 3.28. The fourth-order valence-electron chi connectivity index (χ4n) is 3.41. The molecule has 10 heteroatoms. The Morgan fingerprint density at radius 2 is 2.12 bits per heavy atom. The Morgan fingerprint density at radius 1 is 1.31 bits per heavy atom. The number of amides is 1. The molecule has 6 nitrogen and oxygen atoms in total. The van der Waals surface area contributed by atoms with Gasteiger partial charge in [-0.15, -0.1) is 0 Å². The van der Waals surface area contributed by atoms with Crippen molar-refractivity contribution >= 4 is 45.3 Å². The monoisotopic (exact) mass is 477 g/mol. The first kappa shape index (κ1) is 17.6. The van der Waals surface area contributed by atoms with Crippen molar-refractivity contribution in [3.63, 3.8) is 0 Å². The van der Waals surface area contributed by atoms with E-state index in [9.17, 15) is 18.0 Å². The van der Waals surface area contributed by atoms with Gasteiger partial charge in [0.15, 0.2) is 11.3 Å². The van der Waals surface area contributed by atoms with Crippen LogP contribution in [0.2, 0.25) is 0 Å². The molecule has 1 aliphatic rings. The maximum Gasteiger partial charge on any atom is 0.389 e. The van der Waals surface area contributed by atoms with Crippen molar-refractivity contribution in [2.75, 3.05) is 13.1 Å². The van der Waals surface area contributed by atoms with Crippen molar-refractivity contribution in [2.45, 2.75) is 28.9 Å². The lowest BCUT2D eigenvalue weighted by molar-refractivity contribution is -0.148. The third-order valence-corrected chi connectivity index (χ3v) is 5.94. The summed E-state index contributed by atoms with van der Waals surface area (Å²) in [6.07, 6.45) is -0.658. The number of aromatic amines is 1. The topological polar surface area (TPSA) is 66.3 Å². The van der Waals surface area contributed by atoms with Crippen LogP contribution in [0.3, 0.4) is 0 Å². The van der Waals surface area contributed by atoms with E-state index in [1.807, 2.05) is 10.5 Å². The third-order valence-electron chi connectivity index (χ3n) is 4.67. The van der Waals surface area contributed by atoms with Gasteiger partial charge in [0.1, 0.15) is 0 Å². The van der Waals surface area contributed by atoms with Crippen molar-refractivity contribution in [3.8, 4) is 0 Å². The molecule has 1 aliphatic heterocycles. The number of imidazole rings is 1. The summed E-state index contributed by atoms with van der Waals surface area (Å²) in [5.41, 5.74) is 3.27. The molecule has 1 saturated heterocycles. The van der Waals surface area contributed by atoms with Gasteiger partial charge >= 0.3 is 6.18 Å². The van der Waals surface area contributed by atoms with Gasteiger partial charge in [-0.05, 0) is 6.07 Å². The molecular formula is C16H15F3IN5O. The highest BCUT2D eigenvalue weighted by Gasteiger charge is 2.37. The van der Waals surface area contributed by atoms with Gasteiger partial charge in [0.25, 0.3) is 0 Å². The maximum absolute atomic E-state index is 12.4. The first-order valence-electron chi connectivity index (χ1n) is 8.11. The molecular weight excluding hydrogens is 462 g/mol. The standard InChI is InChI=1S/C16H15F3IN5O/c17-16(18,19)3-1-14(26)24-7-9(10(20)8-24)12-5-22-13-6-23-15-11(25(12)13)2-4-21-15/h2,4-6,9-10,21H,1,3,7-8H2/t9-,10+/m0/s1. The van der Waals surface area contributed by atoms with E-state index in [4.69, 9.17) is 0 Å². The average Bonchev–Trinajstić information content (AvgIpc) is 3.27. The smallest absolute Gasteiger partial charge is 0.345 e. The van der Waals surface area contributed by atoms with Crippen LogP contribution in [0.5, 0.6) is 0 Å². The van der Waals surface area contributed by atoms with E-state index in [0.717, 1.165) is 16.9 Å². The molecule has 4 heterocycles. The number of likely N-dealkylation sites (tertiary alicyclic amines) is 1. The number of hydrogen-bond acceptors (Lipinski definition) is 3. The number of alkyl halides is 4. The van der Waals surface area contributed by atoms with E-state index in [0.29, 0.717) is 18.7 Å². The van der Waals surface area contributed by atoms with Crippen LogP contribution in [-0.4, -0.2) is 53.4 Å². The number of aromatic nitrogens is 4. The van der Waals surface area contributed by atoms with Gasteiger partial charge in [0.2, 0.25) is 5.91 Å². The second-order valence-electron chi connectivity index (χ2n) is 6.38. The lowest BCUT2D eigenvalue weighted by Gasteiger charge is -2.17. The first-order chi connectivity index (χ1) is 12.3. The second-order valence-corrected chi connectivity index (χ2v) is 7.98. The molecule has 3 aromatic rings. The van der Waals surface area contributed by atoms with Gasteiger partial charge in [-0.3, -0.25) is 9.20 Å². The summed E-state index contributed by atoms with van der Waals surface area (Å²) in [5.74, 6) is -0.449. The summed E-state index contributed by atoms with van der Waals surface area (Å²) in [5, 5.41) is 0. The minimum atomic E-state index is -4.31. The van der Waals surface area contributed by atoms with E-state index < -0.39 is 24.9 Å². The molecule has 0 unspecified atom stereocenters. The van der Waals surface area contributed by atoms with Crippen LogP contribution in [0.25, 0.3) is 16.8 Å². The first-order valence-corrected chi connectivity index (χ1v) is 9.36. The zero-order valence-electron chi connectivity index (χ0n) is 13.5. The molecule has 3 aromatic heterocycles. The molecule has 0 radical (unpaired) electrons. The summed E-state index contributed by atoms with van der Waals surface area (Å²) in [6, 6.07) is 1.91. The molecule has 0 aromatic carbocycles. The largest absolute Gasteiger partial charge is 0.389 e. The van der Waals surface area contributed by atoms with Gasteiger partial charge in [-0.2, -0.15) is 13.2 Å². The Bertz CT molecular complexity index is 966. The second kappa shape index (κ2) is 6.39. The van der Waals surface area contributed by atoms with Gasteiger partial charge < -0.3 is 9.88 Å². The fourth-order valence-corrected chi connectivity index (χ4v) is 4.48. The van der Waals surface area contributed by atoms with Crippen LogP contribution < -0.4 is 0 Å². The zero-order valence-corrected chi connectivity index (χ0v) is 15.7. The molecule has 1 fully saturated rings. The molecule has 1 N–H and O–H groups in total. The van der Waals surface area contributed by atoms with Crippen LogP contribution in [0, 0.1) is 0 Å². The molecule has 1 amide bonds. The number of nitrogens with one attached hydrogen (secondary N) is 1. The highest BCUT2D eigenvalue weighted by Crippen LogP contribution is 2.35. The van der Waals surface area contributed by atoms with E-state index in [2.05, 4.69) is 37.5 Å². The Balaban J connectivity index is 1.60. The number of nitrogens with zero attached hydrogens (tertiary/aromatic N) is 4.